The average molecular weight is 321 g/mol. The number of hydrogen-bond acceptors (Lipinski definition) is 3. The molecule has 0 radical (unpaired) electrons. The van der Waals surface area contributed by atoms with E-state index in [2.05, 4.69) is 5.32 Å². The van der Waals surface area contributed by atoms with E-state index in [1.165, 1.54) is 31.2 Å². The van der Waals surface area contributed by atoms with Gasteiger partial charge in [0, 0.05) is 11.9 Å². The van der Waals surface area contributed by atoms with Crippen molar-refractivity contribution in [2.45, 2.75) is 24.4 Å². The summed E-state index contributed by atoms with van der Waals surface area (Å²) in [5.74, 6) is -2.34. The molecule has 0 heterocycles. The minimum absolute atomic E-state index is 0.0753. The Morgan fingerprint density at radius 2 is 1.81 bits per heavy atom. The first kappa shape index (κ1) is 15.8. The van der Waals surface area contributed by atoms with Crippen molar-refractivity contribution in [3.05, 3.63) is 24.3 Å². The standard InChI is InChI=1S/C13H14F3NO3S/c1-12(7-10(12)13(14,15)16)11(18)17-8-3-5-9(6-4-8)21(2,19)20/h3-6,10H,7H2,1-2H3,(H,17,18). The Hall–Kier alpha value is -1.57. The monoisotopic (exact) mass is 321 g/mol. The molecule has 2 atom stereocenters. The average Bonchev–Trinajstić information content (AvgIpc) is 3.03. The van der Waals surface area contributed by atoms with E-state index in [0.717, 1.165) is 6.26 Å². The van der Waals surface area contributed by atoms with E-state index in [1.807, 2.05) is 0 Å². The second-order valence-electron chi connectivity index (χ2n) is 5.47. The van der Waals surface area contributed by atoms with Crippen molar-refractivity contribution < 1.29 is 26.4 Å². The molecule has 2 rings (SSSR count). The molecule has 1 aromatic rings. The molecule has 0 aromatic heterocycles. The van der Waals surface area contributed by atoms with Gasteiger partial charge in [0.15, 0.2) is 9.84 Å². The minimum atomic E-state index is -4.38. The largest absolute Gasteiger partial charge is 0.392 e. The van der Waals surface area contributed by atoms with Gasteiger partial charge in [-0.05, 0) is 30.7 Å². The van der Waals surface area contributed by atoms with Crippen LogP contribution in [0.2, 0.25) is 0 Å². The van der Waals surface area contributed by atoms with E-state index < -0.39 is 33.3 Å². The Morgan fingerprint density at radius 3 is 2.19 bits per heavy atom. The molecule has 0 bridgehead atoms. The first-order valence-corrected chi connectivity index (χ1v) is 8.02. The Labute approximate surface area is 120 Å². The molecule has 2 unspecified atom stereocenters. The zero-order chi connectivity index (χ0) is 16.1. The van der Waals surface area contributed by atoms with E-state index in [0.29, 0.717) is 0 Å². The second-order valence-corrected chi connectivity index (χ2v) is 7.48. The number of halogens is 3. The molecular formula is C13H14F3NO3S. The number of amides is 1. The van der Waals surface area contributed by atoms with Gasteiger partial charge in [0.05, 0.1) is 16.2 Å². The number of carbonyl (C=O) groups excluding carboxylic acids is 1. The summed E-state index contributed by atoms with van der Waals surface area (Å²) in [6.45, 7) is 1.27. The highest BCUT2D eigenvalue weighted by Gasteiger charge is 2.67. The van der Waals surface area contributed by atoms with Gasteiger partial charge in [-0.3, -0.25) is 4.79 Å². The van der Waals surface area contributed by atoms with Crippen LogP contribution in [-0.2, 0) is 14.6 Å². The van der Waals surface area contributed by atoms with E-state index in [9.17, 15) is 26.4 Å². The first-order valence-electron chi connectivity index (χ1n) is 6.13. The van der Waals surface area contributed by atoms with Crippen molar-refractivity contribution in [1.82, 2.24) is 0 Å². The van der Waals surface area contributed by atoms with Crippen LogP contribution in [0, 0.1) is 11.3 Å². The summed E-state index contributed by atoms with van der Waals surface area (Å²) in [5, 5.41) is 2.39. The Bertz CT molecular complexity index is 667. The van der Waals surface area contributed by atoms with Gasteiger partial charge < -0.3 is 5.32 Å². The minimum Gasteiger partial charge on any atom is -0.326 e. The lowest BCUT2D eigenvalue weighted by Gasteiger charge is -2.14. The molecule has 4 nitrogen and oxygen atoms in total. The highest BCUT2D eigenvalue weighted by atomic mass is 32.2. The number of anilines is 1. The number of carbonyl (C=O) groups is 1. The summed E-state index contributed by atoms with van der Waals surface area (Å²) in [5.41, 5.74) is -1.19. The van der Waals surface area contributed by atoms with E-state index in [4.69, 9.17) is 0 Å². The highest BCUT2D eigenvalue weighted by molar-refractivity contribution is 7.90. The maximum absolute atomic E-state index is 12.6. The third-order valence-corrected chi connectivity index (χ3v) is 4.82. The summed E-state index contributed by atoms with van der Waals surface area (Å²) in [7, 11) is -3.35. The molecule has 0 aliphatic heterocycles. The number of benzene rings is 1. The number of nitrogens with one attached hydrogen (secondary N) is 1. The molecule has 116 valence electrons. The Balaban J connectivity index is 2.08. The van der Waals surface area contributed by atoms with Crippen LogP contribution in [0.25, 0.3) is 0 Å². The van der Waals surface area contributed by atoms with Crippen LogP contribution in [0.5, 0.6) is 0 Å². The number of alkyl halides is 3. The molecule has 1 N–H and O–H groups in total. The predicted molar refractivity (Wildman–Crippen MR) is 70.5 cm³/mol. The summed E-state index contributed by atoms with van der Waals surface area (Å²) < 4.78 is 60.3. The summed E-state index contributed by atoms with van der Waals surface area (Å²) >= 11 is 0. The maximum Gasteiger partial charge on any atom is 0.392 e. The van der Waals surface area contributed by atoms with Crippen LogP contribution < -0.4 is 5.32 Å². The molecule has 0 spiro atoms. The van der Waals surface area contributed by atoms with Gasteiger partial charge in [-0.2, -0.15) is 13.2 Å². The van der Waals surface area contributed by atoms with Gasteiger partial charge in [-0.25, -0.2) is 8.42 Å². The van der Waals surface area contributed by atoms with Crippen molar-refractivity contribution in [2.24, 2.45) is 11.3 Å². The van der Waals surface area contributed by atoms with E-state index in [1.54, 1.807) is 0 Å². The Kier molecular flexibility index (Phi) is 3.56. The molecule has 8 heteroatoms. The fourth-order valence-electron chi connectivity index (χ4n) is 2.15. The third kappa shape index (κ3) is 3.20. The number of rotatable bonds is 3. The zero-order valence-corrected chi connectivity index (χ0v) is 12.2. The molecule has 0 saturated heterocycles. The summed E-state index contributed by atoms with van der Waals surface area (Å²) in [6.07, 6.45) is -3.57. The lowest BCUT2D eigenvalue weighted by Crippen LogP contribution is -2.27. The van der Waals surface area contributed by atoms with Gasteiger partial charge in [0.2, 0.25) is 5.91 Å². The molecule has 1 aliphatic carbocycles. The molecule has 1 aliphatic rings. The van der Waals surface area contributed by atoms with Crippen molar-refractivity contribution >= 4 is 21.4 Å². The molecular weight excluding hydrogens is 307 g/mol. The SMILES string of the molecule is CC1(C(=O)Nc2ccc(S(C)(=O)=O)cc2)CC1C(F)(F)F. The van der Waals surface area contributed by atoms with Crippen molar-refractivity contribution in [3.63, 3.8) is 0 Å². The first-order chi connectivity index (χ1) is 9.44. The predicted octanol–water partition coefficient (Wildman–Crippen LogP) is 2.62. The zero-order valence-electron chi connectivity index (χ0n) is 11.4. The lowest BCUT2D eigenvalue weighted by atomic mass is 10.1. The normalized spacial score (nSPS) is 25.5. The summed E-state index contributed by atoms with van der Waals surface area (Å²) in [4.78, 5) is 12.0. The molecule has 1 fully saturated rings. The van der Waals surface area contributed by atoms with Crippen molar-refractivity contribution in [1.29, 1.82) is 0 Å². The van der Waals surface area contributed by atoms with Gasteiger partial charge in [-0.1, -0.05) is 6.92 Å². The fourth-order valence-corrected chi connectivity index (χ4v) is 2.78. The van der Waals surface area contributed by atoms with Crippen molar-refractivity contribution in [3.8, 4) is 0 Å². The number of sulfone groups is 1. The van der Waals surface area contributed by atoms with E-state index in [-0.39, 0.29) is 17.0 Å². The van der Waals surface area contributed by atoms with Gasteiger partial charge >= 0.3 is 6.18 Å². The number of hydrogen-bond donors (Lipinski definition) is 1. The van der Waals surface area contributed by atoms with Crippen LogP contribution in [-0.4, -0.2) is 26.8 Å². The highest BCUT2D eigenvalue weighted by Crippen LogP contribution is 2.60. The molecule has 1 amide bonds. The second kappa shape index (κ2) is 4.72. The lowest BCUT2D eigenvalue weighted by molar-refractivity contribution is -0.159. The molecule has 1 aromatic carbocycles. The van der Waals surface area contributed by atoms with Crippen LogP contribution in [0.3, 0.4) is 0 Å². The molecule has 21 heavy (non-hydrogen) atoms. The fraction of sp³-hybridized carbons (Fsp3) is 0.462. The summed E-state index contributed by atoms with van der Waals surface area (Å²) in [6, 6.07) is 5.29. The maximum atomic E-state index is 12.6. The Morgan fingerprint density at radius 1 is 1.29 bits per heavy atom. The third-order valence-electron chi connectivity index (χ3n) is 3.69. The molecule has 1 saturated carbocycles. The smallest absolute Gasteiger partial charge is 0.326 e. The van der Waals surface area contributed by atoms with Gasteiger partial charge in [0.1, 0.15) is 0 Å². The van der Waals surface area contributed by atoms with Gasteiger partial charge in [-0.15, -0.1) is 0 Å². The van der Waals surface area contributed by atoms with Gasteiger partial charge in [0.25, 0.3) is 0 Å². The van der Waals surface area contributed by atoms with Crippen LogP contribution in [0.4, 0.5) is 18.9 Å². The van der Waals surface area contributed by atoms with Crippen LogP contribution in [0.15, 0.2) is 29.2 Å². The van der Waals surface area contributed by atoms with E-state index >= 15 is 0 Å². The van der Waals surface area contributed by atoms with Crippen LogP contribution >= 0.6 is 0 Å². The topological polar surface area (TPSA) is 63.2 Å². The quantitative estimate of drug-likeness (QED) is 0.931. The van der Waals surface area contributed by atoms with Crippen molar-refractivity contribution in [2.75, 3.05) is 11.6 Å². The van der Waals surface area contributed by atoms with Crippen LogP contribution in [0.1, 0.15) is 13.3 Å².